The van der Waals surface area contributed by atoms with E-state index in [1.165, 1.54) is 17.8 Å². The van der Waals surface area contributed by atoms with E-state index < -0.39 is 4.92 Å². The second-order valence-corrected chi connectivity index (χ2v) is 5.66. The Morgan fingerprint density at radius 1 is 1.00 bits per heavy atom. The van der Waals surface area contributed by atoms with Crippen LogP contribution < -0.4 is 9.64 Å². The summed E-state index contributed by atoms with van der Waals surface area (Å²) in [5.74, 6) is 0.527. The Labute approximate surface area is 142 Å². The Bertz CT molecular complexity index is 649. The van der Waals surface area contributed by atoms with Gasteiger partial charge in [-0.05, 0) is 25.2 Å². The molecule has 128 valence electrons. The van der Waals surface area contributed by atoms with Crippen LogP contribution in [0.5, 0.6) is 5.75 Å². The van der Waals surface area contributed by atoms with Crippen LogP contribution in [0.25, 0.3) is 0 Å². The number of nitrogens with zero attached hydrogens (tertiary/aromatic N) is 3. The number of hydrogen-bond donors (Lipinski definition) is 0. The molecule has 0 amide bonds. The number of para-hydroxylation sites is 1. The maximum absolute atomic E-state index is 10.7. The van der Waals surface area contributed by atoms with Gasteiger partial charge in [-0.2, -0.15) is 0 Å². The number of benzene rings is 2. The molecule has 0 heterocycles. The summed E-state index contributed by atoms with van der Waals surface area (Å²) in [6, 6.07) is 16.5. The summed E-state index contributed by atoms with van der Waals surface area (Å²) in [5.41, 5.74) is 1.24. The van der Waals surface area contributed by atoms with Crippen molar-refractivity contribution >= 4 is 11.4 Å². The molecule has 0 atom stereocenters. The molecule has 24 heavy (non-hydrogen) atoms. The number of likely N-dealkylation sites (N-methyl/N-ethyl adjacent to an activating group) is 2. The molecule has 0 fully saturated rings. The smallest absolute Gasteiger partial charge is 0.273 e. The highest BCUT2D eigenvalue weighted by Crippen LogP contribution is 2.18. The molecule has 6 nitrogen and oxygen atoms in total. The second kappa shape index (κ2) is 8.88. The fourth-order valence-corrected chi connectivity index (χ4v) is 2.25. The molecule has 0 N–H and O–H groups in total. The van der Waals surface area contributed by atoms with Gasteiger partial charge >= 0.3 is 0 Å². The minimum Gasteiger partial charge on any atom is -0.492 e. The molecule has 0 aliphatic carbocycles. The first kappa shape index (κ1) is 17.7. The van der Waals surface area contributed by atoms with Gasteiger partial charge < -0.3 is 14.5 Å². The van der Waals surface area contributed by atoms with Gasteiger partial charge in [-0.25, -0.2) is 0 Å². The highest BCUT2D eigenvalue weighted by molar-refractivity contribution is 5.44. The van der Waals surface area contributed by atoms with Crippen molar-refractivity contribution in [1.82, 2.24) is 4.90 Å². The van der Waals surface area contributed by atoms with Crippen LogP contribution in [-0.2, 0) is 0 Å². The zero-order chi connectivity index (χ0) is 17.4. The summed E-state index contributed by atoms with van der Waals surface area (Å²) in [7, 11) is 4.11. The number of nitro groups is 1. The SMILES string of the molecule is CN(CCOc1cccc([N+](=O)[O-])c1)CCN(C)c1ccccc1. The number of ether oxygens (including phenoxy) is 1. The maximum atomic E-state index is 10.7. The molecule has 0 aromatic heterocycles. The van der Waals surface area contributed by atoms with Crippen molar-refractivity contribution in [3.05, 3.63) is 64.7 Å². The average Bonchev–Trinajstić information content (AvgIpc) is 2.60. The molecule has 0 saturated heterocycles. The minimum atomic E-state index is -0.418. The second-order valence-electron chi connectivity index (χ2n) is 5.66. The summed E-state index contributed by atoms with van der Waals surface area (Å²) >= 11 is 0. The van der Waals surface area contributed by atoms with E-state index in [1.54, 1.807) is 12.1 Å². The molecular weight excluding hydrogens is 306 g/mol. The third-order valence-corrected chi connectivity index (χ3v) is 3.78. The highest BCUT2D eigenvalue weighted by Gasteiger charge is 2.07. The van der Waals surface area contributed by atoms with Crippen LogP contribution >= 0.6 is 0 Å². The summed E-state index contributed by atoms with van der Waals surface area (Å²) in [4.78, 5) is 14.7. The Morgan fingerprint density at radius 2 is 1.75 bits per heavy atom. The van der Waals surface area contributed by atoms with Gasteiger partial charge in [-0.3, -0.25) is 10.1 Å². The first-order valence-electron chi connectivity index (χ1n) is 7.88. The number of non-ortho nitro benzene ring substituents is 1. The average molecular weight is 329 g/mol. The fourth-order valence-electron chi connectivity index (χ4n) is 2.25. The van der Waals surface area contributed by atoms with E-state index in [9.17, 15) is 10.1 Å². The zero-order valence-electron chi connectivity index (χ0n) is 14.1. The van der Waals surface area contributed by atoms with E-state index in [0.717, 1.165) is 19.6 Å². The Kier molecular flexibility index (Phi) is 6.57. The van der Waals surface area contributed by atoms with E-state index in [2.05, 4.69) is 29.0 Å². The van der Waals surface area contributed by atoms with Crippen LogP contribution in [0.15, 0.2) is 54.6 Å². The van der Waals surface area contributed by atoms with Crippen LogP contribution in [0, 0.1) is 10.1 Å². The topological polar surface area (TPSA) is 58.9 Å². The van der Waals surface area contributed by atoms with E-state index >= 15 is 0 Å². The Balaban J connectivity index is 1.71. The summed E-state index contributed by atoms with van der Waals surface area (Å²) in [6.07, 6.45) is 0. The standard InChI is InChI=1S/C18H23N3O3/c1-19(11-12-20(2)16-7-4-3-5-8-16)13-14-24-18-10-6-9-17(15-18)21(22)23/h3-10,15H,11-14H2,1-2H3. The monoisotopic (exact) mass is 329 g/mol. The van der Waals surface area contributed by atoms with Gasteiger partial charge in [0.05, 0.1) is 11.0 Å². The molecule has 2 aromatic carbocycles. The van der Waals surface area contributed by atoms with E-state index in [4.69, 9.17) is 4.74 Å². The zero-order valence-corrected chi connectivity index (χ0v) is 14.1. The summed E-state index contributed by atoms with van der Waals surface area (Å²) in [5, 5.41) is 10.7. The van der Waals surface area contributed by atoms with Crippen molar-refractivity contribution in [2.75, 3.05) is 45.2 Å². The molecule has 0 aliphatic rings. The fraction of sp³-hybridized carbons (Fsp3) is 0.333. The van der Waals surface area contributed by atoms with Crippen molar-refractivity contribution in [2.24, 2.45) is 0 Å². The third kappa shape index (κ3) is 5.55. The first-order valence-corrected chi connectivity index (χ1v) is 7.88. The van der Waals surface area contributed by atoms with Gasteiger partial charge in [0, 0.05) is 38.4 Å². The largest absolute Gasteiger partial charge is 0.492 e. The highest BCUT2D eigenvalue weighted by atomic mass is 16.6. The third-order valence-electron chi connectivity index (χ3n) is 3.78. The number of nitro benzene ring substituents is 1. The van der Waals surface area contributed by atoms with Crippen LogP contribution in [0.3, 0.4) is 0 Å². The quantitative estimate of drug-likeness (QED) is 0.523. The lowest BCUT2D eigenvalue weighted by Crippen LogP contribution is -2.33. The molecule has 0 unspecified atom stereocenters. The molecule has 6 heteroatoms. The summed E-state index contributed by atoms with van der Waals surface area (Å²) < 4.78 is 5.60. The van der Waals surface area contributed by atoms with Crippen molar-refractivity contribution in [3.63, 3.8) is 0 Å². The van der Waals surface area contributed by atoms with Crippen molar-refractivity contribution in [2.45, 2.75) is 0 Å². The number of rotatable bonds is 9. The van der Waals surface area contributed by atoms with Crippen LogP contribution in [-0.4, -0.2) is 50.2 Å². The van der Waals surface area contributed by atoms with Crippen molar-refractivity contribution < 1.29 is 9.66 Å². The number of hydrogen-bond acceptors (Lipinski definition) is 5. The van der Waals surface area contributed by atoms with Crippen LogP contribution in [0.1, 0.15) is 0 Å². The molecular formula is C18H23N3O3. The molecule has 0 bridgehead atoms. The molecule has 0 saturated carbocycles. The molecule has 2 rings (SSSR count). The lowest BCUT2D eigenvalue weighted by molar-refractivity contribution is -0.384. The maximum Gasteiger partial charge on any atom is 0.273 e. The molecule has 0 spiro atoms. The predicted molar refractivity (Wildman–Crippen MR) is 95.8 cm³/mol. The van der Waals surface area contributed by atoms with Crippen LogP contribution in [0.4, 0.5) is 11.4 Å². The van der Waals surface area contributed by atoms with E-state index in [1.807, 2.05) is 25.2 Å². The minimum absolute atomic E-state index is 0.0466. The van der Waals surface area contributed by atoms with Gasteiger partial charge in [-0.1, -0.05) is 24.3 Å². The lowest BCUT2D eigenvalue weighted by atomic mass is 10.3. The van der Waals surface area contributed by atoms with Gasteiger partial charge in [-0.15, -0.1) is 0 Å². The Hall–Kier alpha value is -2.60. The number of anilines is 1. The lowest BCUT2D eigenvalue weighted by Gasteiger charge is -2.23. The molecule has 0 radical (unpaired) electrons. The first-order chi connectivity index (χ1) is 11.6. The van der Waals surface area contributed by atoms with Gasteiger partial charge in [0.1, 0.15) is 12.4 Å². The Morgan fingerprint density at radius 3 is 2.46 bits per heavy atom. The molecule has 0 aliphatic heterocycles. The van der Waals surface area contributed by atoms with Gasteiger partial charge in [0.25, 0.3) is 5.69 Å². The van der Waals surface area contributed by atoms with Gasteiger partial charge in [0.15, 0.2) is 0 Å². The van der Waals surface area contributed by atoms with Crippen LogP contribution in [0.2, 0.25) is 0 Å². The van der Waals surface area contributed by atoms with E-state index in [0.29, 0.717) is 12.4 Å². The van der Waals surface area contributed by atoms with Crippen molar-refractivity contribution in [3.8, 4) is 5.75 Å². The predicted octanol–water partition coefficient (Wildman–Crippen LogP) is 3.04. The summed E-state index contributed by atoms with van der Waals surface area (Å²) in [6.45, 7) is 3.07. The van der Waals surface area contributed by atoms with E-state index in [-0.39, 0.29) is 5.69 Å². The molecule has 2 aromatic rings. The van der Waals surface area contributed by atoms with Gasteiger partial charge in [0.2, 0.25) is 0 Å². The normalized spacial score (nSPS) is 10.6. The van der Waals surface area contributed by atoms with Crippen molar-refractivity contribution in [1.29, 1.82) is 0 Å².